The molecule has 0 radical (unpaired) electrons. The highest BCUT2D eigenvalue weighted by Crippen LogP contribution is 2.30. The molecule has 6 nitrogen and oxygen atoms in total. The monoisotopic (exact) mass is 377 g/mol. The van der Waals surface area contributed by atoms with E-state index in [2.05, 4.69) is 0 Å². The molecule has 0 aliphatic rings. The van der Waals surface area contributed by atoms with Gasteiger partial charge in [-0.15, -0.1) is 0 Å². The number of rotatable bonds is 5. The van der Waals surface area contributed by atoms with Crippen LogP contribution in [0.5, 0.6) is 0 Å². The van der Waals surface area contributed by atoms with Gasteiger partial charge in [0, 0.05) is 16.9 Å². The Labute approximate surface area is 162 Å². The van der Waals surface area contributed by atoms with Crippen molar-refractivity contribution in [2.45, 2.75) is 6.92 Å². The van der Waals surface area contributed by atoms with E-state index in [1.54, 1.807) is 66.1 Å². The van der Waals surface area contributed by atoms with Gasteiger partial charge < -0.3 is 14.0 Å². The topological polar surface area (TPSA) is 74.6 Å². The van der Waals surface area contributed by atoms with Crippen LogP contribution < -0.4 is 0 Å². The lowest BCUT2D eigenvalue weighted by atomic mass is 9.99. The second-order valence-corrected chi connectivity index (χ2v) is 6.03. The molecule has 0 unspecified atom stereocenters. The fourth-order valence-corrected chi connectivity index (χ4v) is 3.19. The molecule has 6 heteroatoms. The summed E-state index contributed by atoms with van der Waals surface area (Å²) in [4.78, 5) is 38.5. The van der Waals surface area contributed by atoms with Gasteiger partial charge in [-0.25, -0.2) is 9.59 Å². The third kappa shape index (κ3) is 3.20. The van der Waals surface area contributed by atoms with E-state index in [4.69, 9.17) is 9.47 Å². The normalized spacial score (nSPS) is 10.4. The number of esters is 2. The Kier molecular flexibility index (Phi) is 5.40. The smallest absolute Gasteiger partial charge is 0.355 e. The summed E-state index contributed by atoms with van der Waals surface area (Å²) < 4.78 is 11.3. The molecular weight excluding hydrogens is 358 g/mol. The molecule has 0 spiro atoms. The predicted octanol–water partition coefficient (Wildman–Crippen LogP) is 3.59. The van der Waals surface area contributed by atoms with Crippen LogP contribution in [-0.2, 0) is 9.47 Å². The molecule has 2 aromatic carbocycles. The Morgan fingerprint density at radius 1 is 0.750 bits per heavy atom. The SMILES string of the molecule is COC(=O)c1c(C(=O)c2ccccc2)c(C)n(-c2ccccc2)c1C(=O)OC. The Hall–Kier alpha value is -3.67. The Bertz CT molecular complexity index is 1040. The molecule has 3 rings (SSSR count). The Morgan fingerprint density at radius 2 is 1.29 bits per heavy atom. The lowest BCUT2D eigenvalue weighted by molar-refractivity contribution is 0.0548. The Morgan fingerprint density at radius 3 is 1.82 bits per heavy atom. The molecule has 142 valence electrons. The van der Waals surface area contributed by atoms with Crippen molar-refractivity contribution in [1.82, 2.24) is 4.57 Å². The molecule has 1 aromatic heterocycles. The van der Waals surface area contributed by atoms with Crippen molar-refractivity contribution >= 4 is 17.7 Å². The van der Waals surface area contributed by atoms with Crippen LogP contribution in [0, 0.1) is 6.92 Å². The van der Waals surface area contributed by atoms with Gasteiger partial charge in [-0.05, 0) is 19.1 Å². The zero-order valence-electron chi connectivity index (χ0n) is 15.8. The summed E-state index contributed by atoms with van der Waals surface area (Å²) in [7, 11) is 2.43. The first kappa shape index (κ1) is 19.1. The minimum Gasteiger partial charge on any atom is -0.465 e. The summed E-state index contributed by atoms with van der Waals surface area (Å²) in [6, 6.07) is 17.5. The van der Waals surface area contributed by atoms with Gasteiger partial charge in [0.25, 0.3) is 0 Å². The van der Waals surface area contributed by atoms with Crippen LogP contribution in [0.2, 0.25) is 0 Å². The van der Waals surface area contributed by atoms with Gasteiger partial charge in [-0.1, -0.05) is 48.5 Å². The predicted molar refractivity (Wildman–Crippen MR) is 103 cm³/mol. The summed E-state index contributed by atoms with van der Waals surface area (Å²) in [5, 5.41) is 0. The van der Waals surface area contributed by atoms with E-state index in [1.165, 1.54) is 14.2 Å². The number of carbonyl (C=O) groups excluding carboxylic acids is 3. The number of hydrogen-bond acceptors (Lipinski definition) is 5. The van der Waals surface area contributed by atoms with Crippen LogP contribution in [0.1, 0.15) is 42.5 Å². The van der Waals surface area contributed by atoms with Crippen LogP contribution >= 0.6 is 0 Å². The molecule has 0 saturated carbocycles. The van der Waals surface area contributed by atoms with E-state index >= 15 is 0 Å². The molecule has 0 bridgehead atoms. The average Bonchev–Trinajstić information content (AvgIpc) is 3.06. The molecule has 3 aromatic rings. The summed E-state index contributed by atoms with van der Waals surface area (Å²) in [6.45, 7) is 1.68. The number of ketones is 1. The molecule has 0 N–H and O–H groups in total. The number of carbonyl (C=O) groups is 3. The van der Waals surface area contributed by atoms with Gasteiger partial charge in [0.2, 0.25) is 0 Å². The van der Waals surface area contributed by atoms with E-state index in [9.17, 15) is 14.4 Å². The second kappa shape index (κ2) is 7.92. The quantitative estimate of drug-likeness (QED) is 0.502. The Balaban J connectivity index is 2.39. The van der Waals surface area contributed by atoms with Gasteiger partial charge in [0.05, 0.1) is 19.8 Å². The maximum atomic E-state index is 13.2. The van der Waals surface area contributed by atoms with Gasteiger partial charge >= 0.3 is 11.9 Å². The van der Waals surface area contributed by atoms with Crippen molar-refractivity contribution in [3.05, 3.63) is 88.7 Å². The van der Waals surface area contributed by atoms with Crippen molar-refractivity contribution in [3.63, 3.8) is 0 Å². The maximum absolute atomic E-state index is 13.2. The summed E-state index contributed by atoms with van der Waals surface area (Å²) in [5.74, 6) is -1.89. The molecule has 0 amide bonds. The summed E-state index contributed by atoms with van der Waals surface area (Å²) >= 11 is 0. The molecular formula is C22H19NO5. The van der Waals surface area contributed by atoms with E-state index in [0.29, 0.717) is 16.9 Å². The lowest BCUT2D eigenvalue weighted by Gasteiger charge is -2.11. The summed E-state index contributed by atoms with van der Waals surface area (Å²) in [6.07, 6.45) is 0. The van der Waals surface area contributed by atoms with E-state index in [0.717, 1.165) is 0 Å². The molecule has 0 atom stereocenters. The average molecular weight is 377 g/mol. The number of methoxy groups -OCH3 is 2. The molecule has 1 heterocycles. The third-order valence-corrected chi connectivity index (χ3v) is 4.45. The highest BCUT2D eigenvalue weighted by molar-refractivity contribution is 6.18. The number of benzene rings is 2. The molecule has 28 heavy (non-hydrogen) atoms. The fourth-order valence-electron chi connectivity index (χ4n) is 3.19. The first-order chi connectivity index (χ1) is 13.5. The maximum Gasteiger partial charge on any atom is 0.355 e. The van der Waals surface area contributed by atoms with Crippen molar-refractivity contribution in [2.24, 2.45) is 0 Å². The number of aromatic nitrogens is 1. The van der Waals surface area contributed by atoms with Crippen molar-refractivity contribution in [2.75, 3.05) is 14.2 Å². The third-order valence-electron chi connectivity index (χ3n) is 4.45. The first-order valence-electron chi connectivity index (χ1n) is 8.58. The van der Waals surface area contributed by atoms with Crippen molar-refractivity contribution in [1.29, 1.82) is 0 Å². The van der Waals surface area contributed by atoms with Gasteiger partial charge in [0.1, 0.15) is 11.3 Å². The fraction of sp³-hybridized carbons (Fsp3) is 0.136. The minimum atomic E-state index is -0.780. The van der Waals surface area contributed by atoms with Crippen molar-refractivity contribution in [3.8, 4) is 5.69 Å². The van der Waals surface area contributed by atoms with Crippen molar-refractivity contribution < 1.29 is 23.9 Å². The first-order valence-corrected chi connectivity index (χ1v) is 8.58. The van der Waals surface area contributed by atoms with Gasteiger partial charge in [-0.2, -0.15) is 0 Å². The van der Waals surface area contributed by atoms with Crippen LogP contribution in [0.25, 0.3) is 5.69 Å². The van der Waals surface area contributed by atoms with Crippen LogP contribution in [0.15, 0.2) is 60.7 Å². The molecule has 0 aliphatic carbocycles. The van der Waals surface area contributed by atoms with E-state index in [1.807, 2.05) is 6.07 Å². The minimum absolute atomic E-state index is 0.0441. The number of hydrogen-bond donors (Lipinski definition) is 0. The zero-order chi connectivity index (χ0) is 20.3. The largest absolute Gasteiger partial charge is 0.465 e. The van der Waals surface area contributed by atoms with E-state index < -0.39 is 11.9 Å². The number of nitrogens with zero attached hydrogens (tertiary/aromatic N) is 1. The van der Waals surface area contributed by atoms with E-state index in [-0.39, 0.29) is 22.6 Å². The second-order valence-electron chi connectivity index (χ2n) is 6.03. The van der Waals surface area contributed by atoms with Gasteiger partial charge in [-0.3, -0.25) is 4.79 Å². The summed E-state index contributed by atoms with van der Waals surface area (Å²) in [5.41, 5.74) is 1.43. The van der Waals surface area contributed by atoms with Crippen LogP contribution in [0.3, 0.4) is 0 Å². The molecule has 0 aliphatic heterocycles. The zero-order valence-corrected chi connectivity index (χ0v) is 15.8. The number of para-hydroxylation sites is 1. The lowest BCUT2D eigenvalue weighted by Crippen LogP contribution is -2.16. The highest BCUT2D eigenvalue weighted by Gasteiger charge is 2.34. The highest BCUT2D eigenvalue weighted by atomic mass is 16.5. The van der Waals surface area contributed by atoms with Gasteiger partial charge in [0.15, 0.2) is 5.78 Å². The molecule has 0 fully saturated rings. The van der Waals surface area contributed by atoms with Crippen LogP contribution in [-0.4, -0.2) is 36.5 Å². The molecule has 0 saturated heterocycles. The van der Waals surface area contributed by atoms with Crippen LogP contribution in [0.4, 0.5) is 0 Å². The number of ether oxygens (including phenoxy) is 2. The standard InChI is InChI=1S/C22H19NO5/c1-14-17(20(24)15-10-6-4-7-11-15)18(21(25)27-2)19(22(26)28-3)23(14)16-12-8-5-9-13-16/h4-13H,1-3H3.